The molecule has 28 heavy (non-hydrogen) atoms. The van der Waals surface area contributed by atoms with E-state index in [2.05, 4.69) is 5.10 Å². The van der Waals surface area contributed by atoms with Crippen LogP contribution in [0.5, 0.6) is 0 Å². The summed E-state index contributed by atoms with van der Waals surface area (Å²) in [6, 6.07) is 8.10. The van der Waals surface area contributed by atoms with Crippen LogP contribution in [0.4, 0.5) is 4.39 Å². The van der Waals surface area contributed by atoms with E-state index < -0.39 is 10.0 Å². The van der Waals surface area contributed by atoms with Crippen molar-refractivity contribution >= 4 is 22.4 Å². The van der Waals surface area contributed by atoms with Gasteiger partial charge in [0.1, 0.15) is 5.83 Å². The fraction of sp³-hybridized carbons (Fsp3) is 0.421. The average Bonchev–Trinajstić information content (AvgIpc) is 2.86. The molecule has 0 radical (unpaired) electrons. The minimum atomic E-state index is -3.66. The minimum Gasteiger partial charge on any atom is -0.327 e. The number of aryl methyl sites for hydroxylation is 1. The lowest BCUT2D eigenvalue weighted by Crippen LogP contribution is -2.36. The average molecular weight is 431 g/mol. The summed E-state index contributed by atoms with van der Waals surface area (Å²) in [6.07, 6.45) is 1.30. The fourth-order valence-electron chi connectivity index (χ4n) is 2.88. The molecule has 0 atom stereocenters. The molecule has 1 heterocycles. The predicted molar refractivity (Wildman–Crippen MR) is 112 cm³/mol. The topological polar surface area (TPSA) is 81.2 Å². The van der Waals surface area contributed by atoms with E-state index in [9.17, 15) is 12.8 Å². The van der Waals surface area contributed by atoms with Crippen molar-refractivity contribution < 1.29 is 12.8 Å². The Hall–Kier alpha value is -1.74. The molecule has 2 aromatic rings. The van der Waals surface area contributed by atoms with Crippen LogP contribution >= 0.6 is 12.4 Å². The van der Waals surface area contributed by atoms with Crippen molar-refractivity contribution in [3.8, 4) is 0 Å². The van der Waals surface area contributed by atoms with Gasteiger partial charge >= 0.3 is 0 Å². The van der Waals surface area contributed by atoms with Crippen LogP contribution in [-0.2, 0) is 23.1 Å². The molecule has 0 saturated heterocycles. The van der Waals surface area contributed by atoms with Crippen LogP contribution < -0.4 is 5.73 Å². The van der Waals surface area contributed by atoms with E-state index in [-0.39, 0.29) is 48.8 Å². The SMILES string of the molecule is Cc1nn(C/C(F)=C/CN)c(C)c1CN(C(C)C)S(=O)(=O)c1ccccc1.Cl. The maximum atomic E-state index is 13.8. The second kappa shape index (κ2) is 10.2. The Bertz CT molecular complexity index is 912. The molecule has 0 bridgehead atoms. The largest absolute Gasteiger partial charge is 0.327 e. The third-order valence-corrected chi connectivity index (χ3v) is 6.45. The lowest BCUT2D eigenvalue weighted by atomic mass is 10.2. The summed E-state index contributed by atoms with van der Waals surface area (Å²) < 4.78 is 43.0. The molecule has 0 aliphatic carbocycles. The van der Waals surface area contributed by atoms with Crippen LogP contribution in [0, 0.1) is 13.8 Å². The first-order chi connectivity index (χ1) is 12.7. The van der Waals surface area contributed by atoms with E-state index in [0.717, 1.165) is 11.3 Å². The number of hydrogen-bond donors (Lipinski definition) is 1. The summed E-state index contributed by atoms with van der Waals surface area (Å²) in [6.45, 7) is 7.56. The molecule has 1 aromatic carbocycles. The minimum absolute atomic E-state index is 0. The molecular formula is C19H28ClFN4O2S. The van der Waals surface area contributed by atoms with Gasteiger partial charge in [-0.3, -0.25) is 4.68 Å². The first kappa shape index (κ1) is 24.3. The number of benzene rings is 1. The first-order valence-corrected chi connectivity index (χ1v) is 10.3. The van der Waals surface area contributed by atoms with Crippen LogP contribution in [0.2, 0.25) is 0 Å². The highest BCUT2D eigenvalue weighted by atomic mass is 35.5. The number of halogens is 2. The van der Waals surface area contributed by atoms with Gasteiger partial charge in [-0.25, -0.2) is 12.8 Å². The van der Waals surface area contributed by atoms with Crippen molar-refractivity contribution in [1.82, 2.24) is 14.1 Å². The number of nitrogens with zero attached hydrogens (tertiary/aromatic N) is 3. The maximum absolute atomic E-state index is 13.8. The van der Waals surface area contributed by atoms with Crippen molar-refractivity contribution in [2.45, 2.75) is 51.7 Å². The van der Waals surface area contributed by atoms with Gasteiger partial charge in [-0.15, -0.1) is 12.4 Å². The van der Waals surface area contributed by atoms with E-state index in [1.165, 1.54) is 10.4 Å². The van der Waals surface area contributed by atoms with Crippen molar-refractivity contribution in [1.29, 1.82) is 0 Å². The highest BCUT2D eigenvalue weighted by Gasteiger charge is 2.29. The summed E-state index contributed by atoms with van der Waals surface area (Å²) in [5.74, 6) is -0.368. The summed E-state index contributed by atoms with van der Waals surface area (Å²) in [7, 11) is -3.66. The molecule has 0 fully saturated rings. The van der Waals surface area contributed by atoms with E-state index >= 15 is 0 Å². The van der Waals surface area contributed by atoms with Gasteiger partial charge < -0.3 is 5.73 Å². The second-order valence-corrected chi connectivity index (χ2v) is 8.54. The number of allylic oxidation sites excluding steroid dienone is 1. The first-order valence-electron chi connectivity index (χ1n) is 8.82. The van der Waals surface area contributed by atoms with Gasteiger partial charge in [-0.2, -0.15) is 9.40 Å². The van der Waals surface area contributed by atoms with E-state index in [1.807, 2.05) is 20.8 Å². The van der Waals surface area contributed by atoms with Crippen molar-refractivity contribution in [2.24, 2.45) is 5.73 Å². The van der Waals surface area contributed by atoms with Crippen LogP contribution in [0.15, 0.2) is 47.1 Å². The number of rotatable bonds is 8. The Morgan fingerprint density at radius 3 is 2.43 bits per heavy atom. The molecule has 0 unspecified atom stereocenters. The third kappa shape index (κ3) is 5.41. The Kier molecular flexibility index (Phi) is 8.81. The molecule has 0 amide bonds. The van der Waals surface area contributed by atoms with Crippen LogP contribution in [-0.4, -0.2) is 35.1 Å². The smallest absolute Gasteiger partial charge is 0.243 e. The van der Waals surface area contributed by atoms with E-state index in [4.69, 9.17) is 5.73 Å². The van der Waals surface area contributed by atoms with Gasteiger partial charge in [0.05, 0.1) is 17.1 Å². The molecule has 9 heteroatoms. The van der Waals surface area contributed by atoms with Gasteiger partial charge in [-0.05, 0) is 45.9 Å². The molecule has 0 spiro atoms. The third-order valence-electron chi connectivity index (χ3n) is 4.41. The molecule has 0 saturated carbocycles. The fourth-order valence-corrected chi connectivity index (χ4v) is 4.51. The Morgan fingerprint density at radius 1 is 1.29 bits per heavy atom. The summed E-state index contributed by atoms with van der Waals surface area (Å²) in [4.78, 5) is 0.248. The number of hydrogen-bond acceptors (Lipinski definition) is 4. The zero-order chi connectivity index (χ0) is 20.2. The standard InChI is InChI=1S/C19H27FN4O2S.ClH/c1-14(2)24(27(25,26)18-8-6-5-7-9-18)13-19-15(3)22-23(16(19)4)12-17(20)10-11-21;/h5-10,14H,11-13,21H2,1-4H3;1H/b17-10-;. The van der Waals surface area contributed by atoms with Crippen molar-refractivity contribution in [3.63, 3.8) is 0 Å². The molecule has 1 aromatic heterocycles. The lowest BCUT2D eigenvalue weighted by molar-refractivity contribution is 0.346. The zero-order valence-electron chi connectivity index (χ0n) is 16.6. The van der Waals surface area contributed by atoms with Gasteiger partial charge in [0.25, 0.3) is 0 Å². The van der Waals surface area contributed by atoms with Gasteiger partial charge in [0.2, 0.25) is 10.0 Å². The Morgan fingerprint density at radius 2 is 1.89 bits per heavy atom. The molecule has 156 valence electrons. The normalized spacial score (nSPS) is 12.5. The van der Waals surface area contributed by atoms with E-state index in [1.54, 1.807) is 41.9 Å². The Balaban J connectivity index is 0.00000392. The number of sulfonamides is 1. The lowest BCUT2D eigenvalue weighted by Gasteiger charge is -2.26. The highest BCUT2D eigenvalue weighted by molar-refractivity contribution is 7.89. The molecular weight excluding hydrogens is 403 g/mol. The number of nitrogens with two attached hydrogens (primary N) is 1. The maximum Gasteiger partial charge on any atom is 0.243 e. The summed E-state index contributed by atoms with van der Waals surface area (Å²) in [5, 5.41) is 4.37. The molecule has 0 aliphatic rings. The van der Waals surface area contributed by atoms with Crippen molar-refractivity contribution in [3.05, 3.63) is 59.2 Å². The van der Waals surface area contributed by atoms with Crippen molar-refractivity contribution in [2.75, 3.05) is 6.54 Å². The zero-order valence-corrected chi connectivity index (χ0v) is 18.2. The predicted octanol–water partition coefficient (Wildman–Crippen LogP) is 3.33. The van der Waals surface area contributed by atoms with Crippen LogP contribution in [0.25, 0.3) is 0 Å². The monoisotopic (exact) mass is 430 g/mol. The highest BCUT2D eigenvalue weighted by Crippen LogP contribution is 2.24. The molecule has 0 aliphatic heterocycles. The van der Waals surface area contributed by atoms with Crippen LogP contribution in [0.1, 0.15) is 30.8 Å². The molecule has 2 N–H and O–H groups in total. The number of aromatic nitrogens is 2. The Labute approximate surface area is 172 Å². The van der Waals surface area contributed by atoms with Gasteiger partial charge in [-0.1, -0.05) is 18.2 Å². The summed E-state index contributed by atoms with van der Waals surface area (Å²) in [5.41, 5.74) is 7.54. The van der Waals surface area contributed by atoms with Gasteiger partial charge in [0.15, 0.2) is 0 Å². The molecule has 2 rings (SSSR count). The summed E-state index contributed by atoms with van der Waals surface area (Å²) >= 11 is 0. The van der Waals surface area contributed by atoms with E-state index in [0.29, 0.717) is 5.69 Å². The van der Waals surface area contributed by atoms with Crippen LogP contribution in [0.3, 0.4) is 0 Å². The van der Waals surface area contributed by atoms with Gasteiger partial charge in [0, 0.05) is 30.4 Å². The quantitative estimate of drug-likeness (QED) is 0.696. The molecule has 6 nitrogen and oxygen atoms in total. The second-order valence-electron chi connectivity index (χ2n) is 6.65.